The molecular weight excluding hydrogens is 160 g/mol. The van der Waals surface area contributed by atoms with Gasteiger partial charge in [-0.25, -0.2) is 0 Å². The number of rotatable bonds is 5. The molecule has 0 amide bonds. The number of ether oxygens (including phenoxy) is 1. The smallest absolute Gasteiger partial charge is 0.0779 e. The lowest BCUT2D eigenvalue weighted by molar-refractivity contribution is 0.0435. The van der Waals surface area contributed by atoms with Gasteiger partial charge in [-0.15, -0.1) is 0 Å². The molecule has 2 atom stereocenters. The zero-order valence-corrected chi connectivity index (χ0v) is 9.44. The molecule has 0 N–H and O–H groups in total. The van der Waals surface area contributed by atoms with Gasteiger partial charge in [0.2, 0.25) is 0 Å². The Kier molecular flexibility index (Phi) is 2.86. The first-order chi connectivity index (χ1) is 6.02. The number of hydrogen-bond acceptors (Lipinski definition) is 1. The van der Waals surface area contributed by atoms with Crippen LogP contribution >= 0.6 is 0 Å². The molecule has 0 saturated heterocycles. The molecule has 0 heterocycles. The van der Waals surface area contributed by atoms with Crippen LogP contribution in [0.4, 0.5) is 0 Å². The van der Waals surface area contributed by atoms with E-state index in [1.54, 1.807) is 0 Å². The maximum Gasteiger partial charge on any atom is 0.0779 e. The highest BCUT2D eigenvalue weighted by Gasteiger charge is 2.64. The highest BCUT2D eigenvalue weighted by molar-refractivity contribution is 5.28. The fraction of sp³-hybridized carbons (Fsp3) is 0.833. The molecule has 76 valence electrons. The molecule has 1 rings (SSSR count). The van der Waals surface area contributed by atoms with Crippen molar-refractivity contribution in [3.8, 4) is 0 Å². The molecule has 13 heavy (non-hydrogen) atoms. The van der Waals surface area contributed by atoms with Crippen LogP contribution in [-0.4, -0.2) is 12.7 Å². The van der Waals surface area contributed by atoms with Gasteiger partial charge < -0.3 is 4.74 Å². The minimum atomic E-state index is 0.120. The van der Waals surface area contributed by atoms with Crippen molar-refractivity contribution in [3.63, 3.8) is 0 Å². The molecule has 1 aliphatic rings. The molecule has 0 unspecified atom stereocenters. The van der Waals surface area contributed by atoms with Gasteiger partial charge in [0.15, 0.2) is 0 Å². The van der Waals surface area contributed by atoms with Crippen molar-refractivity contribution in [3.05, 3.63) is 12.2 Å². The molecular formula is C12H22O. The fourth-order valence-corrected chi connectivity index (χ4v) is 2.29. The van der Waals surface area contributed by atoms with E-state index >= 15 is 0 Å². The van der Waals surface area contributed by atoms with Crippen LogP contribution in [0, 0.1) is 5.41 Å². The van der Waals surface area contributed by atoms with Gasteiger partial charge in [-0.3, -0.25) is 0 Å². The van der Waals surface area contributed by atoms with Gasteiger partial charge in [-0.05, 0) is 19.8 Å². The lowest BCUT2D eigenvalue weighted by Gasteiger charge is -2.21. The summed E-state index contributed by atoms with van der Waals surface area (Å²) in [6.45, 7) is 10.7. The predicted molar refractivity (Wildman–Crippen MR) is 56.8 cm³/mol. The monoisotopic (exact) mass is 182 g/mol. The van der Waals surface area contributed by atoms with E-state index in [1.165, 1.54) is 24.8 Å². The van der Waals surface area contributed by atoms with Gasteiger partial charge in [0.25, 0.3) is 0 Å². The molecule has 0 spiro atoms. The Morgan fingerprint density at radius 1 is 1.54 bits per heavy atom. The van der Waals surface area contributed by atoms with Gasteiger partial charge in [0, 0.05) is 12.5 Å². The van der Waals surface area contributed by atoms with Crippen LogP contribution in [0.15, 0.2) is 12.2 Å². The van der Waals surface area contributed by atoms with Crippen molar-refractivity contribution in [2.75, 3.05) is 7.11 Å². The Hall–Kier alpha value is -0.300. The van der Waals surface area contributed by atoms with Crippen molar-refractivity contribution in [1.29, 1.82) is 0 Å². The third-order valence-corrected chi connectivity index (χ3v) is 3.79. The summed E-state index contributed by atoms with van der Waals surface area (Å²) in [5, 5.41) is 0. The van der Waals surface area contributed by atoms with E-state index in [0.717, 1.165) is 6.42 Å². The Bertz CT molecular complexity index is 209. The molecule has 1 fully saturated rings. The lowest BCUT2D eigenvalue weighted by atomic mass is 9.93. The Labute approximate surface area is 82.2 Å². The summed E-state index contributed by atoms with van der Waals surface area (Å²) < 4.78 is 5.67. The van der Waals surface area contributed by atoms with Crippen molar-refractivity contribution in [1.82, 2.24) is 0 Å². The summed E-state index contributed by atoms with van der Waals surface area (Å²) in [5.74, 6) is 0. The summed E-state index contributed by atoms with van der Waals surface area (Å²) >= 11 is 0. The molecule has 1 saturated carbocycles. The molecule has 1 heteroatoms. The summed E-state index contributed by atoms with van der Waals surface area (Å²) in [4.78, 5) is 0. The van der Waals surface area contributed by atoms with Gasteiger partial charge in [-0.1, -0.05) is 38.8 Å². The number of methoxy groups -OCH3 is 1. The highest BCUT2D eigenvalue weighted by Crippen LogP contribution is 2.64. The van der Waals surface area contributed by atoms with Crippen LogP contribution in [0.5, 0.6) is 0 Å². The average Bonchev–Trinajstić information content (AvgIpc) is 2.71. The van der Waals surface area contributed by atoms with Crippen molar-refractivity contribution >= 4 is 0 Å². The average molecular weight is 182 g/mol. The van der Waals surface area contributed by atoms with Crippen molar-refractivity contribution in [2.45, 2.75) is 52.1 Å². The molecule has 0 radical (unpaired) electrons. The SMILES string of the molecule is C=C(C)[C@]1(C)C[C@]1(CCCC)OC. The maximum absolute atomic E-state index is 5.67. The van der Waals surface area contributed by atoms with E-state index < -0.39 is 0 Å². The van der Waals surface area contributed by atoms with Crippen molar-refractivity contribution in [2.24, 2.45) is 5.41 Å². The third kappa shape index (κ3) is 1.54. The molecule has 0 aromatic rings. The first kappa shape index (κ1) is 10.8. The van der Waals surface area contributed by atoms with Crippen LogP contribution < -0.4 is 0 Å². The van der Waals surface area contributed by atoms with Gasteiger partial charge >= 0.3 is 0 Å². The highest BCUT2D eigenvalue weighted by atomic mass is 16.5. The molecule has 0 bridgehead atoms. The largest absolute Gasteiger partial charge is 0.377 e. The minimum absolute atomic E-state index is 0.120. The first-order valence-electron chi connectivity index (χ1n) is 5.23. The zero-order chi connectivity index (χ0) is 10.1. The van der Waals surface area contributed by atoms with Crippen LogP contribution in [0.1, 0.15) is 46.5 Å². The van der Waals surface area contributed by atoms with Crippen LogP contribution in [0.2, 0.25) is 0 Å². The van der Waals surface area contributed by atoms with Gasteiger partial charge in [0.05, 0.1) is 5.60 Å². The lowest BCUT2D eigenvalue weighted by Crippen LogP contribution is -2.21. The fourth-order valence-electron chi connectivity index (χ4n) is 2.29. The Morgan fingerprint density at radius 2 is 2.15 bits per heavy atom. The quantitative estimate of drug-likeness (QED) is 0.591. The van der Waals surface area contributed by atoms with E-state index in [4.69, 9.17) is 4.74 Å². The topological polar surface area (TPSA) is 9.23 Å². The molecule has 0 aliphatic heterocycles. The van der Waals surface area contributed by atoms with Crippen molar-refractivity contribution < 1.29 is 4.74 Å². The van der Waals surface area contributed by atoms with Crippen LogP contribution in [-0.2, 0) is 4.74 Å². The summed E-state index contributed by atoms with van der Waals surface area (Å²) in [6, 6.07) is 0. The second-order valence-corrected chi connectivity index (χ2v) is 4.59. The van der Waals surface area contributed by atoms with E-state index in [0.29, 0.717) is 0 Å². The summed E-state index contributed by atoms with van der Waals surface area (Å²) in [5.41, 5.74) is 1.64. The first-order valence-corrected chi connectivity index (χ1v) is 5.23. The maximum atomic E-state index is 5.67. The molecule has 1 nitrogen and oxygen atoms in total. The number of unbranched alkanes of at least 4 members (excludes halogenated alkanes) is 1. The normalized spacial score (nSPS) is 37.5. The van der Waals surface area contributed by atoms with E-state index in [2.05, 4.69) is 27.4 Å². The van der Waals surface area contributed by atoms with Gasteiger partial charge in [-0.2, -0.15) is 0 Å². The number of hydrogen-bond donors (Lipinski definition) is 0. The van der Waals surface area contributed by atoms with E-state index in [-0.39, 0.29) is 11.0 Å². The second-order valence-electron chi connectivity index (χ2n) is 4.59. The van der Waals surface area contributed by atoms with Crippen LogP contribution in [0.3, 0.4) is 0 Å². The molecule has 0 aromatic carbocycles. The zero-order valence-electron chi connectivity index (χ0n) is 9.44. The summed E-state index contributed by atoms with van der Waals surface area (Å²) in [7, 11) is 1.84. The van der Waals surface area contributed by atoms with Crippen LogP contribution in [0.25, 0.3) is 0 Å². The summed E-state index contributed by atoms with van der Waals surface area (Å²) in [6.07, 6.45) is 4.85. The van der Waals surface area contributed by atoms with E-state index in [1.807, 2.05) is 7.11 Å². The third-order valence-electron chi connectivity index (χ3n) is 3.79. The Morgan fingerprint density at radius 3 is 2.46 bits per heavy atom. The molecule has 1 aliphatic carbocycles. The van der Waals surface area contributed by atoms with Gasteiger partial charge in [0.1, 0.15) is 0 Å². The minimum Gasteiger partial charge on any atom is -0.377 e. The molecule has 0 aromatic heterocycles. The standard InChI is InChI=1S/C12H22O/c1-6-7-8-12(13-5)9-11(12,4)10(2)3/h2,6-9H2,1,3-5H3/t11-,12-/m0/s1. The van der Waals surface area contributed by atoms with E-state index in [9.17, 15) is 0 Å². The predicted octanol–water partition coefficient (Wildman–Crippen LogP) is 3.55. The second kappa shape index (κ2) is 3.45. The Balaban J connectivity index is 2.62.